The van der Waals surface area contributed by atoms with Crippen LogP contribution < -0.4 is 5.32 Å². The molecule has 10 heteroatoms. The summed E-state index contributed by atoms with van der Waals surface area (Å²) in [5, 5.41) is 11.5. The number of aromatic nitrogens is 3. The fourth-order valence-electron chi connectivity index (χ4n) is 5.79. The Morgan fingerprint density at radius 2 is 1.69 bits per heavy atom. The zero-order valence-electron chi connectivity index (χ0n) is 24.8. The minimum Gasteiger partial charge on any atom is -0.340 e. The minimum absolute atomic E-state index is 0.0427. The molecule has 10 nitrogen and oxygen atoms in total. The second kappa shape index (κ2) is 11.5. The van der Waals surface area contributed by atoms with E-state index in [-0.39, 0.29) is 41.2 Å². The van der Waals surface area contributed by atoms with Crippen LogP contribution >= 0.6 is 0 Å². The molecule has 2 aliphatic heterocycles. The van der Waals surface area contributed by atoms with Gasteiger partial charge in [-0.2, -0.15) is 9.90 Å². The van der Waals surface area contributed by atoms with Crippen molar-refractivity contribution < 1.29 is 19.2 Å². The number of hydrogen-bond donors (Lipinski definition) is 1. The van der Waals surface area contributed by atoms with E-state index in [0.29, 0.717) is 30.6 Å². The van der Waals surface area contributed by atoms with E-state index in [9.17, 15) is 19.2 Å². The van der Waals surface area contributed by atoms with Crippen LogP contribution in [-0.2, 0) is 15.0 Å². The van der Waals surface area contributed by atoms with E-state index in [0.717, 1.165) is 5.56 Å². The largest absolute Gasteiger partial charge is 0.340 e. The first kappa shape index (κ1) is 29.2. The summed E-state index contributed by atoms with van der Waals surface area (Å²) in [5.74, 6) is -1.08. The first-order chi connectivity index (χ1) is 19.9. The highest BCUT2D eigenvalue weighted by Crippen LogP contribution is 2.32. The SMILES string of the molecule is CC(C)C[C@H](NC(=O)c1ccc(C(C)(C)C)cc1)C(=O)N1CC[C@@H]2[C@H]1C(=O)CN2C(=O)c1cnn(-c2ccccc2)n1. The Hall–Kier alpha value is -4.34. The lowest BCUT2D eigenvalue weighted by Crippen LogP contribution is -2.53. The van der Waals surface area contributed by atoms with Gasteiger partial charge >= 0.3 is 0 Å². The van der Waals surface area contributed by atoms with Crippen LogP contribution in [-0.4, -0.2) is 79.5 Å². The average molecular weight is 571 g/mol. The third kappa shape index (κ3) is 5.84. The van der Waals surface area contributed by atoms with Crippen LogP contribution in [0.5, 0.6) is 0 Å². The number of amides is 3. The predicted octanol–water partition coefficient (Wildman–Crippen LogP) is 3.40. The fourth-order valence-corrected chi connectivity index (χ4v) is 5.79. The Kier molecular flexibility index (Phi) is 7.99. The summed E-state index contributed by atoms with van der Waals surface area (Å²) in [5.41, 5.74) is 2.39. The topological polar surface area (TPSA) is 117 Å². The molecule has 220 valence electrons. The minimum atomic E-state index is -0.790. The van der Waals surface area contributed by atoms with Gasteiger partial charge in [0, 0.05) is 12.1 Å². The summed E-state index contributed by atoms with van der Waals surface area (Å²) < 4.78 is 0. The quantitative estimate of drug-likeness (QED) is 0.465. The molecule has 0 saturated carbocycles. The number of hydrogen-bond acceptors (Lipinski definition) is 6. The Labute approximate surface area is 246 Å². The van der Waals surface area contributed by atoms with E-state index in [4.69, 9.17) is 0 Å². The first-order valence-corrected chi connectivity index (χ1v) is 14.5. The summed E-state index contributed by atoms with van der Waals surface area (Å²) in [6.45, 7) is 10.5. The number of nitrogens with zero attached hydrogens (tertiary/aromatic N) is 5. The molecule has 0 aliphatic carbocycles. The van der Waals surface area contributed by atoms with E-state index in [1.165, 1.54) is 15.9 Å². The summed E-state index contributed by atoms with van der Waals surface area (Å²) in [7, 11) is 0. The molecule has 3 amide bonds. The highest BCUT2D eigenvalue weighted by molar-refractivity contribution is 6.03. The standard InChI is InChI=1S/C32H38N6O4/c1-20(2)17-24(34-29(40)21-11-13-22(14-12-21)32(3,4)5)30(41)36-16-15-26-28(36)27(39)19-37(26)31(42)25-18-33-38(35-25)23-9-7-6-8-10-23/h6-14,18,20,24,26,28H,15-17,19H2,1-5H3,(H,34,40)/t24-,26+,28-/m0/s1. The third-order valence-corrected chi connectivity index (χ3v) is 7.99. The average Bonchev–Trinajstić information content (AvgIpc) is 3.69. The van der Waals surface area contributed by atoms with Crippen molar-refractivity contribution in [2.75, 3.05) is 13.1 Å². The molecular formula is C32H38N6O4. The number of ketones is 1. The molecule has 1 N–H and O–H groups in total. The van der Waals surface area contributed by atoms with Crippen LogP contribution in [0.15, 0.2) is 60.8 Å². The summed E-state index contributed by atoms with van der Waals surface area (Å²) in [6, 6.07) is 14.7. The second-order valence-corrected chi connectivity index (χ2v) is 12.6. The number of benzene rings is 2. The molecule has 3 atom stereocenters. The Morgan fingerprint density at radius 3 is 2.33 bits per heavy atom. The van der Waals surface area contributed by atoms with E-state index >= 15 is 0 Å². The molecule has 2 aromatic carbocycles. The summed E-state index contributed by atoms with van der Waals surface area (Å²) in [6.07, 6.45) is 2.29. The van der Waals surface area contributed by atoms with Gasteiger partial charge in [0.05, 0.1) is 24.5 Å². The molecule has 2 aliphatic rings. The molecule has 3 aromatic rings. The number of rotatable bonds is 7. The number of likely N-dealkylation sites (tertiary alicyclic amines) is 2. The van der Waals surface area contributed by atoms with Crippen molar-refractivity contribution >= 4 is 23.5 Å². The zero-order chi connectivity index (χ0) is 30.2. The van der Waals surface area contributed by atoms with Crippen LogP contribution in [0.3, 0.4) is 0 Å². The molecule has 0 radical (unpaired) electrons. The number of fused-ring (bicyclic) bond motifs is 1. The van der Waals surface area contributed by atoms with Crippen molar-refractivity contribution in [2.24, 2.45) is 5.92 Å². The molecule has 1 aromatic heterocycles. The van der Waals surface area contributed by atoms with Crippen LogP contribution in [0.25, 0.3) is 5.69 Å². The number of carbonyl (C=O) groups is 4. The van der Waals surface area contributed by atoms with Crippen molar-refractivity contribution in [3.8, 4) is 5.69 Å². The van der Waals surface area contributed by atoms with Gasteiger partial charge < -0.3 is 15.1 Å². The zero-order valence-corrected chi connectivity index (χ0v) is 24.8. The number of nitrogens with one attached hydrogen (secondary N) is 1. The van der Waals surface area contributed by atoms with Crippen molar-refractivity contribution in [1.29, 1.82) is 0 Å². The van der Waals surface area contributed by atoms with Gasteiger partial charge in [0.25, 0.3) is 11.8 Å². The number of carbonyl (C=O) groups excluding carboxylic acids is 4. The maximum atomic E-state index is 13.9. The molecule has 0 spiro atoms. The highest BCUT2D eigenvalue weighted by Gasteiger charge is 2.52. The summed E-state index contributed by atoms with van der Waals surface area (Å²) in [4.78, 5) is 58.1. The van der Waals surface area contributed by atoms with Gasteiger partial charge in [-0.15, -0.1) is 5.10 Å². The van der Waals surface area contributed by atoms with Gasteiger partial charge in [0.1, 0.15) is 12.1 Å². The van der Waals surface area contributed by atoms with Crippen molar-refractivity contribution in [1.82, 2.24) is 30.1 Å². The van der Waals surface area contributed by atoms with Crippen molar-refractivity contribution in [2.45, 2.75) is 71.0 Å². The third-order valence-electron chi connectivity index (χ3n) is 7.99. The van der Waals surface area contributed by atoms with Crippen LogP contribution in [0.2, 0.25) is 0 Å². The van der Waals surface area contributed by atoms with E-state index < -0.39 is 24.0 Å². The lowest BCUT2D eigenvalue weighted by molar-refractivity contribution is -0.138. The number of para-hydroxylation sites is 1. The van der Waals surface area contributed by atoms with Crippen LogP contribution in [0.4, 0.5) is 0 Å². The van der Waals surface area contributed by atoms with Crippen LogP contribution in [0.1, 0.15) is 73.9 Å². The van der Waals surface area contributed by atoms with Crippen molar-refractivity contribution in [3.63, 3.8) is 0 Å². The molecule has 2 fully saturated rings. The first-order valence-electron chi connectivity index (χ1n) is 14.5. The molecule has 0 unspecified atom stereocenters. The highest BCUT2D eigenvalue weighted by atomic mass is 16.2. The fraction of sp³-hybridized carbons (Fsp3) is 0.438. The van der Waals surface area contributed by atoms with E-state index in [1.807, 2.05) is 56.3 Å². The monoisotopic (exact) mass is 570 g/mol. The Morgan fingerprint density at radius 1 is 1.00 bits per heavy atom. The smallest absolute Gasteiger partial charge is 0.276 e. The maximum absolute atomic E-state index is 13.9. The van der Waals surface area contributed by atoms with Gasteiger partial charge in [-0.1, -0.05) is 65.0 Å². The lowest BCUT2D eigenvalue weighted by atomic mass is 9.86. The van der Waals surface area contributed by atoms with Gasteiger partial charge in [-0.05, 0) is 54.0 Å². The molecule has 0 bridgehead atoms. The number of Topliss-reactive ketones (excluding diaryl/α,β-unsaturated/α-hetero) is 1. The maximum Gasteiger partial charge on any atom is 0.276 e. The van der Waals surface area contributed by atoms with Crippen molar-refractivity contribution in [3.05, 3.63) is 77.6 Å². The second-order valence-electron chi connectivity index (χ2n) is 12.6. The lowest BCUT2D eigenvalue weighted by Gasteiger charge is -2.29. The predicted molar refractivity (Wildman–Crippen MR) is 157 cm³/mol. The Balaban J connectivity index is 1.30. The van der Waals surface area contributed by atoms with Gasteiger partial charge in [0.2, 0.25) is 5.91 Å². The normalized spacial score (nSPS) is 19.2. The molecule has 2 saturated heterocycles. The molecule has 42 heavy (non-hydrogen) atoms. The van der Waals surface area contributed by atoms with Gasteiger partial charge in [-0.25, -0.2) is 0 Å². The van der Waals surface area contributed by atoms with E-state index in [1.54, 1.807) is 17.0 Å². The molecular weight excluding hydrogens is 532 g/mol. The summed E-state index contributed by atoms with van der Waals surface area (Å²) >= 11 is 0. The van der Waals surface area contributed by atoms with Gasteiger partial charge in [-0.3, -0.25) is 19.2 Å². The molecule has 5 rings (SSSR count). The van der Waals surface area contributed by atoms with E-state index in [2.05, 4.69) is 36.3 Å². The van der Waals surface area contributed by atoms with Gasteiger partial charge in [0.15, 0.2) is 11.5 Å². The van der Waals surface area contributed by atoms with Crippen LogP contribution in [0, 0.1) is 5.92 Å². The Bertz CT molecular complexity index is 1470. The molecule has 3 heterocycles.